The Bertz CT molecular complexity index is 870. The van der Waals surface area contributed by atoms with Crippen molar-refractivity contribution in [1.82, 2.24) is 10.2 Å². The van der Waals surface area contributed by atoms with Crippen molar-refractivity contribution in [3.8, 4) is 11.1 Å². The fraction of sp³-hybridized carbons (Fsp3) is 0.364. The molecule has 5 nitrogen and oxygen atoms in total. The molecule has 0 aromatic heterocycles. The number of hydrogen-bond donors (Lipinski definition) is 1. The maximum absolute atomic E-state index is 14.4. The zero-order valence-corrected chi connectivity index (χ0v) is 16.2. The Morgan fingerprint density at radius 1 is 1.14 bits per heavy atom. The van der Waals surface area contributed by atoms with Gasteiger partial charge in [-0.25, -0.2) is 4.39 Å². The summed E-state index contributed by atoms with van der Waals surface area (Å²) in [6, 6.07) is 14.0. The minimum absolute atomic E-state index is 0.0757. The number of hydrogen-bond acceptors (Lipinski definition) is 3. The van der Waals surface area contributed by atoms with Gasteiger partial charge >= 0.3 is 0 Å². The van der Waals surface area contributed by atoms with Gasteiger partial charge in [-0.15, -0.1) is 0 Å². The van der Waals surface area contributed by atoms with E-state index in [1.165, 1.54) is 13.2 Å². The van der Waals surface area contributed by atoms with Gasteiger partial charge in [0.15, 0.2) is 0 Å². The molecule has 1 unspecified atom stereocenters. The predicted molar refractivity (Wildman–Crippen MR) is 105 cm³/mol. The lowest BCUT2D eigenvalue weighted by Crippen LogP contribution is -2.58. The summed E-state index contributed by atoms with van der Waals surface area (Å²) in [5, 5.41) is 2.72. The molecule has 0 aliphatic carbocycles. The van der Waals surface area contributed by atoms with Crippen LogP contribution in [0.25, 0.3) is 11.1 Å². The average Bonchev–Trinajstić information content (AvgIpc) is 3.13. The Balaban J connectivity index is 2.05. The summed E-state index contributed by atoms with van der Waals surface area (Å²) in [6.45, 7) is 0.422. The SMILES string of the molecule is CNC(=O)C1(Cc2ccccc2-c2ccccc2F)CCCN1C(=O)COC. The van der Waals surface area contributed by atoms with E-state index < -0.39 is 5.54 Å². The summed E-state index contributed by atoms with van der Waals surface area (Å²) < 4.78 is 19.4. The number of ether oxygens (including phenoxy) is 1. The van der Waals surface area contributed by atoms with E-state index in [2.05, 4.69) is 5.32 Å². The van der Waals surface area contributed by atoms with Gasteiger partial charge in [0.05, 0.1) is 0 Å². The van der Waals surface area contributed by atoms with Crippen LogP contribution in [0.5, 0.6) is 0 Å². The molecule has 1 aliphatic rings. The molecule has 2 aromatic rings. The number of carbonyl (C=O) groups is 2. The lowest BCUT2D eigenvalue weighted by atomic mass is 9.84. The molecule has 1 aliphatic heterocycles. The second-order valence-corrected chi connectivity index (χ2v) is 7.01. The Labute approximate surface area is 164 Å². The second kappa shape index (κ2) is 8.52. The van der Waals surface area contributed by atoms with E-state index in [0.29, 0.717) is 24.9 Å². The molecule has 28 heavy (non-hydrogen) atoms. The molecule has 1 N–H and O–H groups in total. The van der Waals surface area contributed by atoms with Crippen LogP contribution in [-0.4, -0.2) is 49.6 Å². The van der Waals surface area contributed by atoms with E-state index in [1.807, 2.05) is 24.3 Å². The summed E-state index contributed by atoms with van der Waals surface area (Å²) in [4.78, 5) is 27.2. The number of amides is 2. The number of likely N-dealkylation sites (tertiary alicyclic amines) is 1. The molecular formula is C22H25FN2O3. The van der Waals surface area contributed by atoms with E-state index in [0.717, 1.165) is 17.5 Å². The van der Waals surface area contributed by atoms with Crippen LogP contribution in [-0.2, 0) is 20.7 Å². The van der Waals surface area contributed by atoms with Crippen molar-refractivity contribution >= 4 is 11.8 Å². The van der Waals surface area contributed by atoms with Crippen molar-refractivity contribution in [3.05, 3.63) is 59.9 Å². The average molecular weight is 384 g/mol. The number of likely N-dealkylation sites (N-methyl/N-ethyl adjacent to an activating group) is 1. The third kappa shape index (κ3) is 3.64. The molecule has 6 heteroatoms. The minimum Gasteiger partial charge on any atom is -0.375 e. The van der Waals surface area contributed by atoms with Crippen molar-refractivity contribution in [2.24, 2.45) is 0 Å². The molecular weight excluding hydrogens is 359 g/mol. The van der Waals surface area contributed by atoms with E-state index >= 15 is 0 Å². The van der Waals surface area contributed by atoms with Crippen molar-refractivity contribution in [2.45, 2.75) is 24.8 Å². The molecule has 1 fully saturated rings. The highest BCUT2D eigenvalue weighted by Gasteiger charge is 2.49. The zero-order valence-electron chi connectivity index (χ0n) is 16.2. The molecule has 2 amide bonds. The van der Waals surface area contributed by atoms with Gasteiger partial charge in [-0.05, 0) is 30.0 Å². The first-order chi connectivity index (χ1) is 13.5. The normalized spacial score (nSPS) is 18.9. The molecule has 0 radical (unpaired) electrons. The highest BCUT2D eigenvalue weighted by molar-refractivity contribution is 5.93. The van der Waals surface area contributed by atoms with Gasteiger partial charge < -0.3 is 15.0 Å². The van der Waals surface area contributed by atoms with Crippen LogP contribution in [0, 0.1) is 5.82 Å². The Morgan fingerprint density at radius 2 is 1.82 bits per heavy atom. The first-order valence-corrected chi connectivity index (χ1v) is 9.38. The number of nitrogens with zero attached hydrogens (tertiary/aromatic N) is 1. The number of methoxy groups -OCH3 is 1. The lowest BCUT2D eigenvalue weighted by molar-refractivity contribution is -0.147. The van der Waals surface area contributed by atoms with Gasteiger partial charge in [-0.3, -0.25) is 9.59 Å². The molecule has 1 atom stereocenters. The number of nitrogens with one attached hydrogen (secondary N) is 1. The third-order valence-electron chi connectivity index (χ3n) is 5.37. The molecule has 2 aromatic carbocycles. The van der Waals surface area contributed by atoms with Crippen LogP contribution in [0.3, 0.4) is 0 Å². The Morgan fingerprint density at radius 3 is 2.50 bits per heavy atom. The van der Waals surface area contributed by atoms with Crippen molar-refractivity contribution in [1.29, 1.82) is 0 Å². The maximum Gasteiger partial charge on any atom is 0.249 e. The molecule has 0 saturated carbocycles. The largest absolute Gasteiger partial charge is 0.375 e. The predicted octanol–water partition coefficient (Wildman–Crippen LogP) is 2.79. The summed E-state index contributed by atoms with van der Waals surface area (Å²) >= 11 is 0. The molecule has 3 rings (SSSR count). The van der Waals surface area contributed by atoms with Crippen LogP contribution in [0.15, 0.2) is 48.5 Å². The van der Waals surface area contributed by atoms with Gasteiger partial charge in [0.2, 0.25) is 11.8 Å². The van der Waals surface area contributed by atoms with Crippen molar-refractivity contribution in [3.63, 3.8) is 0 Å². The fourth-order valence-corrected chi connectivity index (χ4v) is 4.11. The number of benzene rings is 2. The van der Waals surface area contributed by atoms with Crippen LogP contribution >= 0.6 is 0 Å². The summed E-state index contributed by atoms with van der Waals surface area (Å²) in [6.07, 6.45) is 1.59. The number of halogens is 1. The summed E-state index contributed by atoms with van der Waals surface area (Å²) in [5.74, 6) is -0.743. The van der Waals surface area contributed by atoms with Gasteiger partial charge in [-0.1, -0.05) is 42.5 Å². The van der Waals surface area contributed by atoms with Crippen LogP contribution in [0.1, 0.15) is 18.4 Å². The van der Waals surface area contributed by atoms with E-state index in [4.69, 9.17) is 4.74 Å². The monoisotopic (exact) mass is 384 g/mol. The fourth-order valence-electron chi connectivity index (χ4n) is 4.11. The molecule has 148 valence electrons. The van der Waals surface area contributed by atoms with Gasteiger partial charge in [-0.2, -0.15) is 0 Å². The maximum atomic E-state index is 14.4. The van der Waals surface area contributed by atoms with E-state index in [-0.39, 0.29) is 24.2 Å². The Kier molecular flexibility index (Phi) is 6.09. The first-order valence-electron chi connectivity index (χ1n) is 9.38. The highest BCUT2D eigenvalue weighted by Crippen LogP contribution is 2.36. The van der Waals surface area contributed by atoms with E-state index in [9.17, 15) is 14.0 Å². The summed E-state index contributed by atoms with van der Waals surface area (Å²) in [7, 11) is 3.03. The molecule has 0 bridgehead atoms. The second-order valence-electron chi connectivity index (χ2n) is 7.01. The first kappa shape index (κ1) is 20.0. The van der Waals surface area contributed by atoms with Crippen LogP contribution in [0.2, 0.25) is 0 Å². The zero-order chi connectivity index (χ0) is 20.1. The van der Waals surface area contributed by atoms with Gasteiger partial charge in [0, 0.05) is 32.7 Å². The molecule has 1 heterocycles. The number of rotatable bonds is 6. The van der Waals surface area contributed by atoms with Crippen LogP contribution < -0.4 is 5.32 Å². The topological polar surface area (TPSA) is 58.6 Å². The standard InChI is InChI=1S/C22H25FN2O3/c1-24-21(27)22(12-7-13-25(22)20(26)15-28-2)14-16-8-3-4-9-17(16)18-10-5-6-11-19(18)23/h3-6,8-11H,7,12-15H2,1-2H3,(H,24,27). The number of carbonyl (C=O) groups excluding carboxylic acids is 2. The van der Waals surface area contributed by atoms with Gasteiger partial charge in [0.1, 0.15) is 18.0 Å². The highest BCUT2D eigenvalue weighted by atomic mass is 19.1. The van der Waals surface area contributed by atoms with E-state index in [1.54, 1.807) is 30.1 Å². The minimum atomic E-state index is -1.01. The van der Waals surface area contributed by atoms with Crippen molar-refractivity contribution in [2.75, 3.05) is 27.3 Å². The lowest BCUT2D eigenvalue weighted by Gasteiger charge is -2.37. The van der Waals surface area contributed by atoms with Crippen LogP contribution in [0.4, 0.5) is 4.39 Å². The summed E-state index contributed by atoms with van der Waals surface area (Å²) in [5.41, 5.74) is 1.03. The third-order valence-corrected chi connectivity index (χ3v) is 5.37. The smallest absolute Gasteiger partial charge is 0.249 e. The van der Waals surface area contributed by atoms with Crippen molar-refractivity contribution < 1.29 is 18.7 Å². The Hall–Kier alpha value is -2.73. The quantitative estimate of drug-likeness (QED) is 0.833. The van der Waals surface area contributed by atoms with Gasteiger partial charge in [0.25, 0.3) is 0 Å². The molecule has 1 saturated heterocycles. The molecule has 0 spiro atoms.